The topological polar surface area (TPSA) is 57.7 Å². The Kier molecular flexibility index (Phi) is 6.18. The van der Waals surface area contributed by atoms with Crippen molar-refractivity contribution in [2.75, 3.05) is 20.6 Å². The standard InChI is InChI=1S/C18H26N2O3S/c1-4-16-7-5-6-14-20(16)18(21)13-10-15-8-11-17(12-9-15)24(22,23)19(2)3/h8-13,16H,4-7,14H2,1-3H3/b13-10+. The Morgan fingerprint density at radius 3 is 2.50 bits per heavy atom. The Morgan fingerprint density at radius 1 is 1.25 bits per heavy atom. The summed E-state index contributed by atoms with van der Waals surface area (Å²) in [4.78, 5) is 14.6. The first-order chi connectivity index (χ1) is 11.4. The SMILES string of the molecule is CCC1CCCCN1C(=O)/C=C/c1ccc(S(=O)(=O)N(C)C)cc1. The van der Waals surface area contributed by atoms with E-state index in [0.29, 0.717) is 6.04 Å². The number of hydrogen-bond donors (Lipinski definition) is 0. The minimum atomic E-state index is -3.42. The summed E-state index contributed by atoms with van der Waals surface area (Å²) < 4.78 is 25.2. The van der Waals surface area contributed by atoms with Gasteiger partial charge in [0.1, 0.15) is 0 Å². The summed E-state index contributed by atoms with van der Waals surface area (Å²) in [6, 6.07) is 6.90. The summed E-state index contributed by atoms with van der Waals surface area (Å²) in [5.41, 5.74) is 0.811. The summed E-state index contributed by atoms with van der Waals surface area (Å²) in [5.74, 6) is 0.0338. The van der Waals surface area contributed by atoms with Crippen molar-refractivity contribution in [1.82, 2.24) is 9.21 Å². The molecule has 0 bridgehead atoms. The van der Waals surface area contributed by atoms with E-state index in [4.69, 9.17) is 0 Å². The van der Waals surface area contributed by atoms with Crippen LogP contribution in [0.4, 0.5) is 0 Å². The lowest BCUT2D eigenvalue weighted by Gasteiger charge is -2.34. The zero-order chi connectivity index (χ0) is 17.7. The summed E-state index contributed by atoms with van der Waals surface area (Å²) in [6.07, 6.45) is 7.64. The molecule has 0 saturated carbocycles. The highest BCUT2D eigenvalue weighted by atomic mass is 32.2. The van der Waals surface area contributed by atoms with E-state index in [0.717, 1.165) is 31.4 Å². The predicted octanol–water partition coefficient (Wildman–Crippen LogP) is 2.74. The molecule has 132 valence electrons. The van der Waals surface area contributed by atoms with Gasteiger partial charge in [-0.1, -0.05) is 19.1 Å². The number of amides is 1. The molecule has 1 atom stereocenters. The van der Waals surface area contributed by atoms with Crippen molar-refractivity contribution in [1.29, 1.82) is 0 Å². The second-order valence-corrected chi connectivity index (χ2v) is 8.43. The third-order valence-electron chi connectivity index (χ3n) is 4.46. The summed E-state index contributed by atoms with van der Waals surface area (Å²) >= 11 is 0. The maximum atomic E-state index is 12.4. The fourth-order valence-corrected chi connectivity index (χ4v) is 3.84. The maximum Gasteiger partial charge on any atom is 0.246 e. The Hall–Kier alpha value is -1.66. The van der Waals surface area contributed by atoms with E-state index in [1.807, 2.05) is 4.90 Å². The molecule has 24 heavy (non-hydrogen) atoms. The van der Waals surface area contributed by atoms with Gasteiger partial charge in [0.2, 0.25) is 15.9 Å². The first-order valence-corrected chi connectivity index (χ1v) is 9.81. The fourth-order valence-electron chi connectivity index (χ4n) is 2.94. The van der Waals surface area contributed by atoms with E-state index in [2.05, 4.69) is 6.92 Å². The number of carbonyl (C=O) groups is 1. The van der Waals surface area contributed by atoms with Crippen LogP contribution in [-0.4, -0.2) is 50.2 Å². The molecule has 0 spiro atoms. The normalized spacial score (nSPS) is 19.2. The number of rotatable bonds is 5. The summed E-state index contributed by atoms with van der Waals surface area (Å²) in [5, 5.41) is 0. The monoisotopic (exact) mass is 350 g/mol. The molecule has 0 aliphatic carbocycles. The van der Waals surface area contributed by atoms with Gasteiger partial charge in [0.25, 0.3) is 0 Å². The van der Waals surface area contributed by atoms with E-state index in [9.17, 15) is 13.2 Å². The van der Waals surface area contributed by atoms with Crippen LogP contribution >= 0.6 is 0 Å². The minimum Gasteiger partial charge on any atom is -0.336 e. The van der Waals surface area contributed by atoms with Crippen LogP contribution < -0.4 is 0 Å². The van der Waals surface area contributed by atoms with Crippen molar-refractivity contribution in [3.05, 3.63) is 35.9 Å². The van der Waals surface area contributed by atoms with Crippen LogP contribution in [0.25, 0.3) is 6.08 Å². The fraction of sp³-hybridized carbons (Fsp3) is 0.500. The van der Waals surface area contributed by atoms with Crippen molar-refractivity contribution in [2.45, 2.75) is 43.5 Å². The molecule has 1 aromatic carbocycles. The minimum absolute atomic E-state index is 0.0338. The first kappa shape index (κ1) is 18.7. The van der Waals surface area contributed by atoms with E-state index in [-0.39, 0.29) is 10.8 Å². The number of likely N-dealkylation sites (tertiary alicyclic amines) is 1. The lowest BCUT2D eigenvalue weighted by Crippen LogP contribution is -2.42. The molecule has 6 heteroatoms. The molecule has 1 fully saturated rings. The van der Waals surface area contributed by atoms with Crippen molar-refractivity contribution < 1.29 is 13.2 Å². The number of sulfonamides is 1. The Bertz CT molecular complexity index is 693. The van der Waals surface area contributed by atoms with Crippen molar-refractivity contribution in [3.63, 3.8) is 0 Å². The molecular formula is C18H26N2O3S. The van der Waals surface area contributed by atoms with Gasteiger partial charge in [0.05, 0.1) is 4.90 Å². The maximum absolute atomic E-state index is 12.4. The summed E-state index contributed by atoms with van der Waals surface area (Å²) in [6.45, 7) is 2.94. The number of benzene rings is 1. The van der Waals surface area contributed by atoms with Gasteiger partial charge in [-0.2, -0.15) is 0 Å². The van der Waals surface area contributed by atoms with Crippen LogP contribution in [0.1, 0.15) is 38.2 Å². The average molecular weight is 350 g/mol. The van der Waals surface area contributed by atoms with Crippen LogP contribution in [-0.2, 0) is 14.8 Å². The van der Waals surface area contributed by atoms with Gasteiger partial charge in [0, 0.05) is 32.8 Å². The predicted molar refractivity (Wildman–Crippen MR) is 96.0 cm³/mol. The van der Waals surface area contributed by atoms with Gasteiger partial charge in [-0.3, -0.25) is 4.79 Å². The zero-order valence-electron chi connectivity index (χ0n) is 14.6. The largest absolute Gasteiger partial charge is 0.336 e. The molecule has 1 aliphatic rings. The second-order valence-electron chi connectivity index (χ2n) is 6.28. The van der Waals surface area contributed by atoms with E-state index in [1.165, 1.54) is 24.8 Å². The second kappa shape index (κ2) is 7.94. The molecule has 0 radical (unpaired) electrons. The van der Waals surface area contributed by atoms with Crippen molar-refractivity contribution in [3.8, 4) is 0 Å². The van der Waals surface area contributed by atoms with Gasteiger partial charge in [-0.15, -0.1) is 0 Å². The molecule has 5 nitrogen and oxygen atoms in total. The number of piperidine rings is 1. The molecule has 2 rings (SSSR count). The quantitative estimate of drug-likeness (QED) is 0.767. The zero-order valence-corrected chi connectivity index (χ0v) is 15.4. The Morgan fingerprint density at radius 2 is 1.92 bits per heavy atom. The van der Waals surface area contributed by atoms with E-state index < -0.39 is 10.0 Å². The van der Waals surface area contributed by atoms with Crippen LogP contribution in [0, 0.1) is 0 Å². The van der Waals surface area contributed by atoms with Crippen LogP contribution in [0.2, 0.25) is 0 Å². The molecule has 0 N–H and O–H groups in total. The number of carbonyl (C=O) groups excluding carboxylic acids is 1. The third-order valence-corrected chi connectivity index (χ3v) is 6.29. The summed E-state index contributed by atoms with van der Waals surface area (Å²) in [7, 11) is -0.410. The first-order valence-electron chi connectivity index (χ1n) is 8.37. The molecule has 1 heterocycles. The van der Waals surface area contributed by atoms with Gasteiger partial charge < -0.3 is 4.90 Å². The molecule has 1 aliphatic heterocycles. The van der Waals surface area contributed by atoms with Crippen LogP contribution in [0.5, 0.6) is 0 Å². The van der Waals surface area contributed by atoms with Crippen molar-refractivity contribution >= 4 is 22.0 Å². The van der Waals surface area contributed by atoms with Crippen molar-refractivity contribution in [2.24, 2.45) is 0 Å². The van der Waals surface area contributed by atoms with E-state index in [1.54, 1.807) is 36.4 Å². The number of hydrogen-bond acceptors (Lipinski definition) is 3. The molecular weight excluding hydrogens is 324 g/mol. The lowest BCUT2D eigenvalue weighted by atomic mass is 10.00. The van der Waals surface area contributed by atoms with Gasteiger partial charge in [0.15, 0.2) is 0 Å². The smallest absolute Gasteiger partial charge is 0.246 e. The molecule has 1 aromatic rings. The van der Waals surface area contributed by atoms with Gasteiger partial charge >= 0.3 is 0 Å². The molecule has 0 aromatic heterocycles. The highest BCUT2D eigenvalue weighted by Gasteiger charge is 2.23. The molecule has 1 amide bonds. The highest BCUT2D eigenvalue weighted by molar-refractivity contribution is 7.89. The van der Waals surface area contributed by atoms with Crippen LogP contribution in [0.3, 0.4) is 0 Å². The number of nitrogens with zero attached hydrogens (tertiary/aromatic N) is 2. The van der Waals surface area contributed by atoms with Gasteiger partial charge in [-0.25, -0.2) is 12.7 Å². The Labute approximate surface area is 145 Å². The lowest BCUT2D eigenvalue weighted by molar-refractivity contribution is -0.129. The van der Waals surface area contributed by atoms with Crippen LogP contribution in [0.15, 0.2) is 35.2 Å². The van der Waals surface area contributed by atoms with E-state index >= 15 is 0 Å². The molecule has 1 unspecified atom stereocenters. The molecule has 1 saturated heterocycles. The highest BCUT2D eigenvalue weighted by Crippen LogP contribution is 2.20. The average Bonchev–Trinajstić information content (AvgIpc) is 2.59. The Balaban J connectivity index is 2.08. The van der Waals surface area contributed by atoms with Gasteiger partial charge in [-0.05, 0) is 49.5 Å². The third kappa shape index (κ3) is 4.24.